The minimum atomic E-state index is -0.590. The molecule has 1 aromatic heterocycles. The van der Waals surface area contributed by atoms with Crippen molar-refractivity contribution in [3.05, 3.63) is 27.9 Å². The zero-order valence-electron chi connectivity index (χ0n) is 10.9. The van der Waals surface area contributed by atoms with Gasteiger partial charge >= 0.3 is 0 Å². The van der Waals surface area contributed by atoms with E-state index in [1.54, 1.807) is 11.9 Å². The molecular formula is C12H16N4O3. The van der Waals surface area contributed by atoms with Crippen LogP contribution in [0.5, 0.6) is 0 Å². The van der Waals surface area contributed by atoms with Gasteiger partial charge in [-0.25, -0.2) is 4.98 Å². The molecule has 0 radical (unpaired) electrons. The minimum Gasteiger partial charge on any atom is -0.383 e. The summed E-state index contributed by atoms with van der Waals surface area (Å²) < 4.78 is 0. The highest BCUT2D eigenvalue weighted by molar-refractivity contribution is 5.98. The van der Waals surface area contributed by atoms with Gasteiger partial charge in [0.25, 0.3) is 11.6 Å². The Morgan fingerprint density at radius 3 is 2.79 bits per heavy atom. The number of anilines is 1. The van der Waals surface area contributed by atoms with Crippen molar-refractivity contribution < 1.29 is 9.72 Å². The van der Waals surface area contributed by atoms with E-state index in [-0.39, 0.29) is 29.0 Å². The lowest BCUT2D eigenvalue weighted by Gasteiger charge is -2.25. The molecule has 1 atom stereocenters. The van der Waals surface area contributed by atoms with Crippen LogP contribution < -0.4 is 5.73 Å². The standard InChI is InChI=1S/C12H16N4O3/c1-7(8-3-4-8)15(2)12(17)10-5-9(16(18)19)6-14-11(10)13/h5-8H,3-4H2,1-2H3,(H2,13,14). The van der Waals surface area contributed by atoms with Gasteiger partial charge in [0, 0.05) is 19.2 Å². The third kappa shape index (κ3) is 2.64. The topological polar surface area (TPSA) is 102 Å². The van der Waals surface area contributed by atoms with E-state index in [1.165, 1.54) is 6.07 Å². The molecule has 1 amide bonds. The molecule has 0 spiro atoms. The van der Waals surface area contributed by atoms with Crippen molar-refractivity contribution in [3.63, 3.8) is 0 Å². The van der Waals surface area contributed by atoms with Gasteiger partial charge in [-0.05, 0) is 25.7 Å². The first kappa shape index (κ1) is 13.3. The van der Waals surface area contributed by atoms with Gasteiger partial charge < -0.3 is 10.6 Å². The third-order valence-corrected chi connectivity index (χ3v) is 3.58. The van der Waals surface area contributed by atoms with Crippen LogP contribution in [0.1, 0.15) is 30.1 Å². The maximum atomic E-state index is 12.3. The Morgan fingerprint density at radius 1 is 1.63 bits per heavy atom. The van der Waals surface area contributed by atoms with Crippen LogP contribution in [0, 0.1) is 16.0 Å². The number of aromatic nitrogens is 1. The van der Waals surface area contributed by atoms with Gasteiger partial charge in [0.1, 0.15) is 12.0 Å². The Kier molecular flexibility index (Phi) is 3.37. The summed E-state index contributed by atoms with van der Waals surface area (Å²) in [5.41, 5.74) is 5.49. The van der Waals surface area contributed by atoms with Crippen molar-refractivity contribution in [2.45, 2.75) is 25.8 Å². The Hall–Kier alpha value is -2.18. The Bertz CT molecular complexity index is 528. The van der Waals surface area contributed by atoms with Crippen molar-refractivity contribution in [2.24, 2.45) is 5.92 Å². The lowest BCUT2D eigenvalue weighted by Crippen LogP contribution is -2.36. The van der Waals surface area contributed by atoms with Gasteiger partial charge in [-0.1, -0.05) is 0 Å². The molecule has 0 saturated heterocycles. The molecule has 19 heavy (non-hydrogen) atoms. The van der Waals surface area contributed by atoms with E-state index in [2.05, 4.69) is 4.98 Å². The Morgan fingerprint density at radius 2 is 2.26 bits per heavy atom. The van der Waals surface area contributed by atoms with Gasteiger partial charge in [0.2, 0.25) is 0 Å². The number of pyridine rings is 1. The van der Waals surface area contributed by atoms with Crippen molar-refractivity contribution >= 4 is 17.4 Å². The highest BCUT2D eigenvalue weighted by atomic mass is 16.6. The number of carbonyl (C=O) groups is 1. The molecule has 7 heteroatoms. The summed E-state index contributed by atoms with van der Waals surface area (Å²) in [5.74, 6) is 0.209. The van der Waals surface area contributed by atoms with Crippen LogP contribution in [0.15, 0.2) is 12.3 Å². The van der Waals surface area contributed by atoms with Crippen molar-refractivity contribution in [3.8, 4) is 0 Å². The van der Waals surface area contributed by atoms with E-state index < -0.39 is 4.92 Å². The highest BCUT2D eigenvalue weighted by Gasteiger charge is 2.33. The fraction of sp³-hybridized carbons (Fsp3) is 0.500. The molecule has 1 heterocycles. The first-order valence-corrected chi connectivity index (χ1v) is 6.09. The molecule has 1 aromatic rings. The zero-order valence-corrected chi connectivity index (χ0v) is 10.9. The number of amides is 1. The van der Waals surface area contributed by atoms with Crippen LogP contribution in [-0.4, -0.2) is 33.8 Å². The zero-order chi connectivity index (χ0) is 14.2. The molecule has 1 unspecified atom stereocenters. The minimum absolute atomic E-state index is 0.0189. The van der Waals surface area contributed by atoms with E-state index in [9.17, 15) is 14.9 Å². The number of rotatable bonds is 4. The van der Waals surface area contributed by atoms with E-state index in [4.69, 9.17) is 5.73 Å². The van der Waals surface area contributed by atoms with Crippen molar-refractivity contribution in [1.29, 1.82) is 0 Å². The maximum Gasteiger partial charge on any atom is 0.288 e. The molecule has 1 aliphatic carbocycles. The van der Waals surface area contributed by atoms with Gasteiger partial charge in [-0.3, -0.25) is 14.9 Å². The maximum absolute atomic E-state index is 12.3. The van der Waals surface area contributed by atoms with Crippen LogP contribution in [0.2, 0.25) is 0 Å². The molecule has 2 N–H and O–H groups in total. The number of hydrogen-bond donors (Lipinski definition) is 1. The number of hydrogen-bond acceptors (Lipinski definition) is 5. The lowest BCUT2D eigenvalue weighted by atomic mass is 10.1. The van der Waals surface area contributed by atoms with Crippen LogP contribution >= 0.6 is 0 Å². The quantitative estimate of drug-likeness (QED) is 0.654. The van der Waals surface area contributed by atoms with E-state index in [1.807, 2.05) is 6.92 Å². The summed E-state index contributed by atoms with van der Waals surface area (Å²) in [6.07, 6.45) is 3.28. The van der Waals surface area contributed by atoms with Crippen molar-refractivity contribution in [1.82, 2.24) is 9.88 Å². The number of nitrogen functional groups attached to an aromatic ring is 1. The first-order valence-electron chi connectivity index (χ1n) is 6.09. The molecule has 0 bridgehead atoms. The molecule has 1 aliphatic rings. The normalized spacial score (nSPS) is 15.9. The number of carbonyl (C=O) groups excluding carboxylic acids is 1. The first-order chi connectivity index (χ1) is 8.91. The van der Waals surface area contributed by atoms with Gasteiger partial charge in [0.15, 0.2) is 0 Å². The largest absolute Gasteiger partial charge is 0.383 e. The summed E-state index contributed by atoms with van der Waals surface area (Å²) in [6, 6.07) is 1.28. The Balaban J connectivity index is 2.26. The van der Waals surface area contributed by atoms with E-state index in [0.29, 0.717) is 5.92 Å². The fourth-order valence-corrected chi connectivity index (χ4v) is 2.01. The van der Waals surface area contributed by atoms with E-state index >= 15 is 0 Å². The molecule has 0 aliphatic heterocycles. The molecule has 1 fully saturated rings. The van der Waals surface area contributed by atoms with Crippen LogP contribution in [0.3, 0.4) is 0 Å². The van der Waals surface area contributed by atoms with Crippen molar-refractivity contribution in [2.75, 3.05) is 12.8 Å². The van der Waals surface area contributed by atoms with Gasteiger partial charge in [-0.2, -0.15) is 0 Å². The monoisotopic (exact) mass is 264 g/mol. The van der Waals surface area contributed by atoms with Crippen LogP contribution in [-0.2, 0) is 0 Å². The summed E-state index contributed by atoms with van der Waals surface area (Å²) in [5, 5.41) is 10.7. The summed E-state index contributed by atoms with van der Waals surface area (Å²) in [6.45, 7) is 1.97. The summed E-state index contributed by atoms with van der Waals surface area (Å²) >= 11 is 0. The summed E-state index contributed by atoms with van der Waals surface area (Å²) in [7, 11) is 1.68. The molecule has 1 saturated carbocycles. The average molecular weight is 264 g/mol. The van der Waals surface area contributed by atoms with E-state index in [0.717, 1.165) is 19.0 Å². The average Bonchev–Trinajstić information content (AvgIpc) is 3.20. The van der Waals surface area contributed by atoms with Crippen LogP contribution in [0.4, 0.5) is 11.5 Å². The highest BCUT2D eigenvalue weighted by Crippen LogP contribution is 2.35. The second kappa shape index (κ2) is 4.83. The second-order valence-corrected chi connectivity index (χ2v) is 4.88. The second-order valence-electron chi connectivity index (χ2n) is 4.88. The third-order valence-electron chi connectivity index (χ3n) is 3.58. The number of nitrogens with zero attached hydrogens (tertiary/aromatic N) is 3. The SMILES string of the molecule is CC(C1CC1)N(C)C(=O)c1cc([N+](=O)[O-])cnc1N. The predicted molar refractivity (Wildman–Crippen MR) is 69.6 cm³/mol. The number of nitro groups is 1. The molecule has 2 rings (SSSR count). The molecular weight excluding hydrogens is 248 g/mol. The predicted octanol–water partition coefficient (Wildman–Crippen LogP) is 1.44. The molecule has 102 valence electrons. The molecule has 7 nitrogen and oxygen atoms in total. The lowest BCUT2D eigenvalue weighted by molar-refractivity contribution is -0.385. The van der Waals surface area contributed by atoms with Crippen LogP contribution in [0.25, 0.3) is 0 Å². The molecule has 0 aromatic carbocycles. The summed E-state index contributed by atoms with van der Waals surface area (Å²) in [4.78, 5) is 27.7. The van der Waals surface area contributed by atoms with Gasteiger partial charge in [0.05, 0.1) is 10.5 Å². The number of nitrogens with two attached hydrogens (primary N) is 1. The smallest absolute Gasteiger partial charge is 0.288 e. The fourth-order valence-electron chi connectivity index (χ4n) is 2.01. The Labute approximate surface area is 110 Å². The van der Waals surface area contributed by atoms with Gasteiger partial charge in [-0.15, -0.1) is 0 Å².